The van der Waals surface area contributed by atoms with E-state index in [-0.39, 0.29) is 71.7 Å². The number of nitrogens with two attached hydrogens (primary N) is 1. The van der Waals surface area contributed by atoms with Crippen molar-refractivity contribution in [1.82, 2.24) is 15.6 Å². The van der Waals surface area contributed by atoms with Crippen LogP contribution in [0.2, 0.25) is 0 Å². The summed E-state index contributed by atoms with van der Waals surface area (Å²) in [5.74, 6) is 8.24. The van der Waals surface area contributed by atoms with Gasteiger partial charge in [0.25, 0.3) is 0 Å². The van der Waals surface area contributed by atoms with E-state index in [1.807, 2.05) is 24.4 Å². The summed E-state index contributed by atoms with van der Waals surface area (Å²) in [6.07, 6.45) is 13.9. The second-order valence-corrected chi connectivity index (χ2v) is 28.6. The van der Waals surface area contributed by atoms with Crippen molar-refractivity contribution in [2.24, 2.45) is 52.6 Å². The molecule has 2 saturated carbocycles. The number of hydrogen-bond donors (Lipinski definition) is 11. The van der Waals surface area contributed by atoms with E-state index in [0.29, 0.717) is 75.4 Å². The molecule has 3 aromatic carbocycles. The molecule has 16 atom stereocenters. The van der Waals surface area contributed by atoms with E-state index >= 15 is 0 Å². The number of aromatic hydroxyl groups is 1. The number of aromatic amines is 1. The third-order valence-corrected chi connectivity index (χ3v) is 23.6. The van der Waals surface area contributed by atoms with E-state index < -0.39 is 53.7 Å². The zero-order valence-corrected chi connectivity index (χ0v) is 50.9. The molecule has 0 radical (unpaired) electrons. The minimum atomic E-state index is -1.08. The third-order valence-electron chi connectivity index (χ3n) is 21.2. The summed E-state index contributed by atoms with van der Waals surface area (Å²) in [7, 11) is 3.26. The number of hydrogen-bond acceptors (Lipinski definition) is 13. The van der Waals surface area contributed by atoms with Crippen LogP contribution >= 0.6 is 21.6 Å². The van der Waals surface area contributed by atoms with Gasteiger partial charge in [0.2, 0.25) is 0 Å². The highest BCUT2D eigenvalue weighted by Crippen LogP contribution is 2.61. The van der Waals surface area contributed by atoms with Crippen molar-refractivity contribution >= 4 is 21.6 Å². The number of fused-ring (bicyclic) bond motifs is 5. The Balaban J connectivity index is 0.988. The largest absolute Gasteiger partial charge is 0.504 e. The third kappa shape index (κ3) is 12.8. The van der Waals surface area contributed by atoms with Crippen LogP contribution in [-0.2, 0) is 18.3 Å². The summed E-state index contributed by atoms with van der Waals surface area (Å²) in [6.45, 7) is 4.70. The zero-order chi connectivity index (χ0) is 58.5. The summed E-state index contributed by atoms with van der Waals surface area (Å²) >= 11 is 0. The minimum absolute atomic E-state index is 0.0127. The summed E-state index contributed by atoms with van der Waals surface area (Å²) in [5, 5.41) is 90.6. The zero-order valence-electron chi connectivity index (χ0n) is 49.3. The van der Waals surface area contributed by atoms with E-state index in [9.17, 15) is 35.7 Å². The number of phenols is 1. The SMILES string of the molecule is CC[C@@H]1Cc2cc(O)c(O[C@H]3C[C@@H](Cc4ccc[nH]4)C4=CCNC(N)=C4CSSC[C@H](CO)[C@@H]3O)cc2[C@@H]2C[C@@H](O)[C@@H]3[C@@H](C#C[C@@]4(C[C@H](NC[C@H](C)O)CC[C@@H]3O)C[C@@H](c3ccccc3)[C@H](C3(c5ccccc5)CCCCC3)C[C@H]4CO)C=C12. The molecule has 11 rings (SSSR count). The number of dihydropyridines is 1. The van der Waals surface area contributed by atoms with E-state index in [1.165, 1.54) is 36.0 Å². The maximum atomic E-state index is 12.9. The highest BCUT2D eigenvalue weighted by molar-refractivity contribution is 8.76. The Kier molecular flexibility index (Phi) is 19.7. The van der Waals surface area contributed by atoms with Gasteiger partial charge in [-0.05, 0) is 171 Å². The molecule has 12 nitrogen and oxygen atoms in total. The molecular formula is C70H92N4O8S2. The summed E-state index contributed by atoms with van der Waals surface area (Å²) in [4.78, 5) is 3.39. The van der Waals surface area contributed by atoms with Crippen LogP contribution < -0.4 is 21.1 Å². The molecule has 1 spiro atoms. The standard InChI is InChI=1S/C70H92N4O8S2/c1-3-44-28-47-31-62(79)64(82-65-32-48(29-52-18-13-26-72-52)54-22-27-73-68(71)59(54)42-84-83-41-49(39-75)67(65)81)35-56(47)57-34-63(80)66-46(30-55(44)57)21-25-69(36-53(19-20-61(66)78)74-38-43(2)77)37-58(45-14-7-4-8-15-45)60(33-51(69)40-76)70(23-11-6-12-24-70)50-16-9-5-10-17-50/h4-5,7-10,13-18,22,26,30-31,35,43-44,46,48-49,51,53,57-58,60-61,63,65-67,72-81H,3,6,11-12,19-20,23-24,27-29,32-34,36-42,71H2,1-2H3/t43-,44+,46-,48+,49-,51-,53+,57+,58-,60+,61-,63+,65-,66+,67-,69+/m0/s1. The van der Waals surface area contributed by atoms with Crippen molar-refractivity contribution in [3.63, 3.8) is 0 Å². The molecule has 3 heterocycles. The molecular weight excluding hydrogens is 1090 g/mol. The number of aromatic nitrogens is 1. The van der Waals surface area contributed by atoms with Crippen LogP contribution in [-0.4, -0.2) is 115 Å². The lowest BCUT2D eigenvalue weighted by Gasteiger charge is -2.56. The predicted molar refractivity (Wildman–Crippen MR) is 337 cm³/mol. The van der Waals surface area contributed by atoms with Crippen molar-refractivity contribution < 1.29 is 40.5 Å². The second kappa shape index (κ2) is 27.2. The highest BCUT2D eigenvalue weighted by atomic mass is 33.1. The van der Waals surface area contributed by atoms with Crippen LogP contribution in [0.3, 0.4) is 0 Å². The smallest absolute Gasteiger partial charge is 0.161 e. The Morgan fingerprint density at radius 3 is 2.39 bits per heavy atom. The van der Waals surface area contributed by atoms with Crippen molar-refractivity contribution in [2.75, 3.05) is 37.8 Å². The van der Waals surface area contributed by atoms with E-state index in [2.05, 4.69) is 113 Å². The molecule has 4 aromatic rings. The molecule has 0 unspecified atom stereocenters. The van der Waals surface area contributed by atoms with Gasteiger partial charge in [-0.2, -0.15) is 0 Å². The summed E-state index contributed by atoms with van der Waals surface area (Å²) in [5.41, 5.74) is 15.0. The van der Waals surface area contributed by atoms with Gasteiger partial charge in [-0.3, -0.25) is 0 Å². The van der Waals surface area contributed by atoms with E-state index in [1.54, 1.807) is 28.5 Å². The number of benzene rings is 3. The van der Waals surface area contributed by atoms with Gasteiger partial charge < -0.3 is 61.8 Å². The van der Waals surface area contributed by atoms with Crippen LogP contribution in [0.25, 0.3) is 0 Å². The Morgan fingerprint density at radius 2 is 1.67 bits per heavy atom. The lowest BCUT2D eigenvalue weighted by atomic mass is 9.48. The van der Waals surface area contributed by atoms with Crippen LogP contribution in [0.5, 0.6) is 11.5 Å². The number of phenolic OH excluding ortho intramolecular Hbond substituents is 1. The van der Waals surface area contributed by atoms with Crippen LogP contribution in [0.4, 0.5) is 0 Å². The van der Waals surface area contributed by atoms with Crippen LogP contribution in [0.15, 0.2) is 126 Å². The number of ether oxygens (including phenoxy) is 1. The summed E-state index contributed by atoms with van der Waals surface area (Å²) in [6, 6.07) is 29.9. The molecule has 0 bridgehead atoms. The first kappa shape index (κ1) is 61.0. The molecule has 1 aromatic heterocycles. The highest BCUT2D eigenvalue weighted by Gasteiger charge is 2.55. The molecule has 14 heteroatoms. The number of H-pyrrole nitrogens is 1. The van der Waals surface area contributed by atoms with Crippen LogP contribution in [0, 0.1) is 58.7 Å². The topological polar surface area (TPSA) is 217 Å². The molecule has 84 heavy (non-hydrogen) atoms. The van der Waals surface area contributed by atoms with E-state index in [4.69, 9.17) is 10.5 Å². The Hall–Kier alpha value is -4.66. The molecule has 2 aliphatic heterocycles. The van der Waals surface area contributed by atoms with Gasteiger partial charge in [0.1, 0.15) is 11.9 Å². The predicted octanol–water partition coefficient (Wildman–Crippen LogP) is 9.95. The molecule has 12 N–H and O–H groups in total. The fraction of sp³-hybridized carbons (Fsp3) is 0.571. The van der Waals surface area contributed by atoms with E-state index in [0.717, 1.165) is 60.1 Å². The van der Waals surface area contributed by atoms with Gasteiger partial charge in [-0.15, -0.1) is 0 Å². The number of aliphatic hydroxyl groups excluding tert-OH is 6. The Labute approximate surface area is 506 Å². The maximum absolute atomic E-state index is 12.9. The quantitative estimate of drug-likeness (QED) is 0.0342. The van der Waals surface area contributed by atoms with Gasteiger partial charge in [0.05, 0.1) is 24.4 Å². The fourth-order valence-corrected chi connectivity index (χ4v) is 19.3. The number of rotatable bonds is 13. The van der Waals surface area contributed by atoms with Gasteiger partial charge in [-0.1, -0.05) is 138 Å². The average Bonchev–Trinajstić information content (AvgIpc) is 1.76. The first-order valence-corrected chi connectivity index (χ1v) is 34.1. The molecule has 5 aliphatic carbocycles. The van der Waals surface area contributed by atoms with Gasteiger partial charge in [0, 0.05) is 90.4 Å². The number of aliphatic hydroxyl groups is 6. The number of allylic oxidation sites excluding steroid dienone is 3. The monoisotopic (exact) mass is 1180 g/mol. The molecule has 1 saturated heterocycles. The van der Waals surface area contributed by atoms with Gasteiger partial charge in [0.15, 0.2) is 11.5 Å². The summed E-state index contributed by atoms with van der Waals surface area (Å²) < 4.78 is 7.02. The van der Waals surface area contributed by atoms with Crippen molar-refractivity contribution in [1.29, 1.82) is 0 Å². The first-order chi connectivity index (χ1) is 40.8. The number of nitrogens with one attached hydrogen (secondary N) is 3. The minimum Gasteiger partial charge on any atom is -0.504 e. The molecule has 452 valence electrons. The normalized spacial score (nSPS) is 34.0. The first-order valence-electron chi connectivity index (χ1n) is 31.7. The second-order valence-electron chi connectivity index (χ2n) is 26.1. The van der Waals surface area contributed by atoms with Crippen molar-refractivity contribution in [3.8, 4) is 23.3 Å². The Bertz CT molecular complexity index is 2990. The van der Waals surface area contributed by atoms with Crippen LogP contribution in [0.1, 0.15) is 137 Å². The fourth-order valence-electron chi connectivity index (χ4n) is 16.8. The molecule has 0 amide bonds. The van der Waals surface area contributed by atoms with Gasteiger partial charge >= 0.3 is 0 Å². The molecule has 3 fully saturated rings. The Morgan fingerprint density at radius 1 is 0.881 bits per heavy atom. The van der Waals surface area contributed by atoms with Gasteiger partial charge in [-0.25, -0.2) is 0 Å². The lowest BCUT2D eigenvalue weighted by Crippen LogP contribution is -2.52. The maximum Gasteiger partial charge on any atom is 0.161 e. The molecule has 7 aliphatic rings. The van der Waals surface area contributed by atoms with Crippen molar-refractivity contribution in [2.45, 2.75) is 164 Å². The average molecular weight is 1180 g/mol. The van der Waals surface area contributed by atoms with Crippen molar-refractivity contribution in [3.05, 3.63) is 154 Å². The lowest BCUT2D eigenvalue weighted by molar-refractivity contribution is -0.0215.